The van der Waals surface area contributed by atoms with Gasteiger partial charge in [0.1, 0.15) is 6.04 Å². The van der Waals surface area contributed by atoms with E-state index in [-0.39, 0.29) is 31.3 Å². The average molecular weight is 564 g/mol. The maximum Gasteiger partial charge on any atom is 0.243 e. The summed E-state index contributed by atoms with van der Waals surface area (Å²) in [5.41, 5.74) is 4.50. The van der Waals surface area contributed by atoms with Gasteiger partial charge in [-0.1, -0.05) is 73.7 Å². The van der Waals surface area contributed by atoms with Gasteiger partial charge in [-0.05, 0) is 61.1 Å². The molecule has 3 aromatic carbocycles. The lowest BCUT2D eigenvalue weighted by Gasteiger charge is -2.32. The second kappa shape index (κ2) is 14.7. The Kier molecular flexibility index (Phi) is 11.3. The van der Waals surface area contributed by atoms with Crippen LogP contribution in [-0.2, 0) is 32.6 Å². The van der Waals surface area contributed by atoms with E-state index in [1.165, 1.54) is 10.6 Å². The summed E-state index contributed by atoms with van der Waals surface area (Å²) in [7, 11) is -3.54. The molecule has 0 spiro atoms. The van der Waals surface area contributed by atoms with E-state index < -0.39 is 16.1 Å². The van der Waals surface area contributed by atoms with E-state index in [9.17, 15) is 18.0 Å². The molecule has 0 heterocycles. The summed E-state index contributed by atoms with van der Waals surface area (Å²) < 4.78 is 26.6. The maximum absolute atomic E-state index is 13.9. The van der Waals surface area contributed by atoms with Gasteiger partial charge in [0, 0.05) is 32.5 Å². The Hall–Kier alpha value is -3.65. The number of amides is 2. The minimum Gasteiger partial charge on any atom is -0.354 e. The van der Waals surface area contributed by atoms with Crippen LogP contribution in [0.4, 0.5) is 5.69 Å². The fraction of sp³-hybridized carbons (Fsp3) is 0.375. The SMILES string of the molecule is CCCNC(=O)[C@@H](Cc1ccccc1)N(Cc1ccccc1C)C(=O)CCCN(c1cccc(C)c1)S(C)(=O)=O. The molecule has 3 aromatic rings. The number of carbonyl (C=O) groups excluding carboxylic acids is 2. The highest BCUT2D eigenvalue weighted by Crippen LogP contribution is 2.21. The smallest absolute Gasteiger partial charge is 0.243 e. The summed E-state index contributed by atoms with van der Waals surface area (Å²) in [6.07, 6.45) is 2.77. The van der Waals surface area contributed by atoms with Crippen LogP contribution in [0.15, 0.2) is 78.9 Å². The van der Waals surface area contributed by atoms with Crippen molar-refractivity contribution >= 4 is 27.5 Å². The first-order valence-electron chi connectivity index (χ1n) is 13.8. The highest BCUT2D eigenvalue weighted by atomic mass is 32.2. The van der Waals surface area contributed by atoms with Crippen molar-refractivity contribution in [3.8, 4) is 0 Å². The molecule has 3 rings (SSSR count). The van der Waals surface area contributed by atoms with E-state index in [1.54, 1.807) is 11.0 Å². The van der Waals surface area contributed by atoms with Crippen molar-refractivity contribution in [2.24, 2.45) is 0 Å². The molecule has 40 heavy (non-hydrogen) atoms. The first-order chi connectivity index (χ1) is 19.1. The zero-order valence-electron chi connectivity index (χ0n) is 24.0. The van der Waals surface area contributed by atoms with Crippen LogP contribution >= 0.6 is 0 Å². The molecule has 0 aromatic heterocycles. The van der Waals surface area contributed by atoms with Gasteiger partial charge in [0.05, 0.1) is 11.9 Å². The Balaban J connectivity index is 1.88. The molecule has 0 saturated carbocycles. The normalized spacial score (nSPS) is 12.0. The third-order valence-corrected chi connectivity index (χ3v) is 8.06. The average Bonchev–Trinajstić information content (AvgIpc) is 2.92. The van der Waals surface area contributed by atoms with Crippen LogP contribution in [0.25, 0.3) is 0 Å². The molecule has 8 heteroatoms. The summed E-state index contributed by atoms with van der Waals surface area (Å²) in [5, 5.41) is 2.99. The Morgan fingerprint density at radius 2 is 1.62 bits per heavy atom. The van der Waals surface area contributed by atoms with Gasteiger partial charge in [0.25, 0.3) is 0 Å². The zero-order chi connectivity index (χ0) is 29.1. The Labute approximate surface area is 239 Å². The summed E-state index contributed by atoms with van der Waals surface area (Å²) in [5.74, 6) is -0.376. The number of nitrogens with zero attached hydrogens (tertiary/aromatic N) is 2. The van der Waals surface area contributed by atoms with Gasteiger partial charge in [0.2, 0.25) is 21.8 Å². The lowest BCUT2D eigenvalue weighted by molar-refractivity contribution is -0.141. The molecule has 0 radical (unpaired) electrons. The number of carbonyl (C=O) groups is 2. The van der Waals surface area contributed by atoms with Gasteiger partial charge >= 0.3 is 0 Å². The number of hydrogen-bond donors (Lipinski definition) is 1. The molecular formula is C32H41N3O4S. The van der Waals surface area contributed by atoms with Crippen molar-refractivity contribution in [3.05, 3.63) is 101 Å². The third kappa shape index (κ3) is 8.95. The van der Waals surface area contributed by atoms with E-state index in [1.807, 2.05) is 93.6 Å². The topological polar surface area (TPSA) is 86.8 Å². The molecule has 0 bridgehead atoms. The molecule has 2 amide bonds. The monoisotopic (exact) mass is 563 g/mol. The van der Waals surface area contributed by atoms with E-state index in [4.69, 9.17) is 0 Å². The van der Waals surface area contributed by atoms with Gasteiger partial charge in [0.15, 0.2) is 0 Å². The molecule has 0 unspecified atom stereocenters. The molecule has 0 aliphatic carbocycles. The molecule has 0 saturated heterocycles. The van der Waals surface area contributed by atoms with Crippen LogP contribution in [0.5, 0.6) is 0 Å². The van der Waals surface area contributed by atoms with Crippen LogP contribution in [-0.4, -0.2) is 50.5 Å². The summed E-state index contributed by atoms with van der Waals surface area (Å²) in [6.45, 7) is 6.87. The number of aryl methyl sites for hydroxylation is 2. The van der Waals surface area contributed by atoms with Gasteiger partial charge < -0.3 is 10.2 Å². The van der Waals surface area contributed by atoms with Crippen molar-refractivity contribution in [2.45, 2.75) is 59.0 Å². The van der Waals surface area contributed by atoms with Crippen LogP contribution in [0.3, 0.4) is 0 Å². The zero-order valence-corrected chi connectivity index (χ0v) is 24.8. The Bertz CT molecular complexity index is 1380. The number of hydrogen-bond acceptors (Lipinski definition) is 4. The van der Waals surface area contributed by atoms with E-state index in [0.29, 0.717) is 25.1 Å². The van der Waals surface area contributed by atoms with E-state index in [0.717, 1.165) is 28.7 Å². The van der Waals surface area contributed by atoms with Crippen molar-refractivity contribution in [2.75, 3.05) is 23.7 Å². The lowest BCUT2D eigenvalue weighted by atomic mass is 10.0. The molecular weight excluding hydrogens is 522 g/mol. The fourth-order valence-electron chi connectivity index (χ4n) is 4.68. The quantitative estimate of drug-likeness (QED) is 0.299. The molecule has 1 N–H and O–H groups in total. The largest absolute Gasteiger partial charge is 0.354 e. The molecule has 214 valence electrons. The molecule has 1 atom stereocenters. The van der Waals surface area contributed by atoms with Crippen LogP contribution in [0.1, 0.15) is 48.4 Å². The molecule has 0 fully saturated rings. The number of anilines is 1. The first-order valence-corrected chi connectivity index (χ1v) is 15.6. The number of sulfonamides is 1. The van der Waals surface area contributed by atoms with Gasteiger partial charge in [-0.25, -0.2) is 8.42 Å². The minimum atomic E-state index is -3.54. The second-order valence-electron chi connectivity index (χ2n) is 10.2. The Morgan fingerprint density at radius 3 is 2.27 bits per heavy atom. The van der Waals surface area contributed by atoms with Crippen molar-refractivity contribution in [1.29, 1.82) is 0 Å². The van der Waals surface area contributed by atoms with Gasteiger partial charge in [-0.15, -0.1) is 0 Å². The Morgan fingerprint density at radius 1 is 0.925 bits per heavy atom. The second-order valence-corrected chi connectivity index (χ2v) is 12.1. The van der Waals surface area contributed by atoms with Crippen LogP contribution in [0, 0.1) is 13.8 Å². The third-order valence-electron chi connectivity index (χ3n) is 6.86. The fourth-order valence-corrected chi connectivity index (χ4v) is 5.64. The standard InChI is InChI=1S/C32H41N3O4S/c1-5-20-33-32(37)30(23-27-15-7-6-8-16-27)34(24-28-17-10-9-14-26(28)3)31(36)19-12-21-35(40(4,38)39)29-18-11-13-25(2)22-29/h6-11,13-18,22,30H,5,12,19-21,23-24H2,1-4H3,(H,33,37)/t30-/m1/s1. The number of benzene rings is 3. The van der Waals surface area contributed by atoms with Gasteiger partial charge in [-0.2, -0.15) is 0 Å². The van der Waals surface area contributed by atoms with Crippen molar-refractivity contribution in [1.82, 2.24) is 10.2 Å². The predicted molar refractivity (Wildman–Crippen MR) is 162 cm³/mol. The molecule has 0 aliphatic rings. The molecule has 7 nitrogen and oxygen atoms in total. The van der Waals surface area contributed by atoms with Crippen LogP contribution in [0.2, 0.25) is 0 Å². The number of nitrogens with one attached hydrogen (secondary N) is 1. The minimum absolute atomic E-state index is 0.107. The first kappa shape index (κ1) is 30.9. The summed E-state index contributed by atoms with van der Waals surface area (Å²) in [4.78, 5) is 29.0. The summed E-state index contributed by atoms with van der Waals surface area (Å²) >= 11 is 0. The highest BCUT2D eigenvalue weighted by Gasteiger charge is 2.30. The summed E-state index contributed by atoms with van der Waals surface area (Å²) in [6, 6.07) is 24.1. The van der Waals surface area contributed by atoms with E-state index in [2.05, 4.69) is 5.32 Å². The number of rotatable bonds is 14. The lowest BCUT2D eigenvalue weighted by Crippen LogP contribution is -2.50. The van der Waals surface area contributed by atoms with Crippen molar-refractivity contribution in [3.63, 3.8) is 0 Å². The van der Waals surface area contributed by atoms with Crippen LogP contribution < -0.4 is 9.62 Å². The van der Waals surface area contributed by atoms with E-state index >= 15 is 0 Å². The molecule has 0 aliphatic heterocycles. The van der Waals surface area contributed by atoms with Crippen molar-refractivity contribution < 1.29 is 18.0 Å². The predicted octanol–water partition coefficient (Wildman–Crippen LogP) is 5.02. The van der Waals surface area contributed by atoms with Gasteiger partial charge in [-0.3, -0.25) is 13.9 Å². The highest BCUT2D eigenvalue weighted by molar-refractivity contribution is 7.92. The maximum atomic E-state index is 13.9.